The fraction of sp³-hybridized carbons (Fsp3) is 1.00. The molecule has 0 spiro atoms. The molecule has 0 amide bonds. The molecule has 0 bridgehead atoms. The molecule has 0 N–H and O–H groups in total. The average Bonchev–Trinajstić information content (AvgIpc) is 2.94. The molecule has 2 nitrogen and oxygen atoms in total. The zero-order valence-electron chi connectivity index (χ0n) is 9.04. The van der Waals surface area contributed by atoms with Crippen LogP contribution in [0, 0.1) is 5.41 Å². The van der Waals surface area contributed by atoms with Gasteiger partial charge in [0, 0.05) is 26.2 Å². The Morgan fingerprint density at radius 1 is 1.50 bits per heavy atom. The van der Waals surface area contributed by atoms with Gasteiger partial charge in [0.1, 0.15) is 0 Å². The third-order valence-corrected chi connectivity index (χ3v) is 4.06. The average molecular weight is 215 g/mol. The zero-order valence-corrected chi connectivity index (χ0v) is 9.93. The SMILES string of the molecule is CC1CN(CC2(CS)CC2)CCCO1. The molecule has 1 saturated heterocycles. The van der Waals surface area contributed by atoms with Crippen LogP contribution in [0.25, 0.3) is 0 Å². The van der Waals surface area contributed by atoms with E-state index in [0.29, 0.717) is 11.5 Å². The lowest BCUT2D eigenvalue weighted by Crippen LogP contribution is -2.35. The van der Waals surface area contributed by atoms with Gasteiger partial charge in [-0.2, -0.15) is 12.6 Å². The van der Waals surface area contributed by atoms with E-state index in [1.165, 1.54) is 32.4 Å². The Hall–Kier alpha value is 0.270. The van der Waals surface area contributed by atoms with Crippen LogP contribution in [0.15, 0.2) is 0 Å². The van der Waals surface area contributed by atoms with E-state index >= 15 is 0 Å². The van der Waals surface area contributed by atoms with Crippen LogP contribution in [0.2, 0.25) is 0 Å². The second-order valence-corrected chi connectivity index (χ2v) is 5.24. The van der Waals surface area contributed by atoms with Crippen molar-refractivity contribution in [1.82, 2.24) is 4.90 Å². The van der Waals surface area contributed by atoms with Crippen LogP contribution in [0.1, 0.15) is 26.2 Å². The molecule has 0 aromatic carbocycles. The smallest absolute Gasteiger partial charge is 0.0673 e. The minimum absolute atomic E-state index is 0.410. The van der Waals surface area contributed by atoms with Crippen molar-refractivity contribution < 1.29 is 4.74 Å². The van der Waals surface area contributed by atoms with Gasteiger partial charge in [-0.25, -0.2) is 0 Å². The van der Waals surface area contributed by atoms with Gasteiger partial charge < -0.3 is 9.64 Å². The van der Waals surface area contributed by atoms with E-state index in [4.69, 9.17) is 4.74 Å². The maximum atomic E-state index is 5.64. The number of ether oxygens (including phenoxy) is 1. The van der Waals surface area contributed by atoms with Crippen LogP contribution < -0.4 is 0 Å². The highest BCUT2D eigenvalue weighted by atomic mass is 32.1. The highest BCUT2D eigenvalue weighted by Gasteiger charge is 2.42. The molecule has 1 heterocycles. The second kappa shape index (κ2) is 4.42. The van der Waals surface area contributed by atoms with Crippen LogP contribution in [-0.2, 0) is 4.74 Å². The number of hydrogen-bond donors (Lipinski definition) is 1. The first-order valence-electron chi connectivity index (χ1n) is 5.69. The molecule has 1 aliphatic carbocycles. The summed E-state index contributed by atoms with van der Waals surface area (Å²) in [5.74, 6) is 1.05. The van der Waals surface area contributed by atoms with Crippen LogP contribution in [0.4, 0.5) is 0 Å². The molecule has 1 unspecified atom stereocenters. The normalized spacial score (nSPS) is 32.6. The zero-order chi connectivity index (χ0) is 10.0. The lowest BCUT2D eigenvalue weighted by Gasteiger charge is -2.26. The first-order valence-corrected chi connectivity index (χ1v) is 6.32. The summed E-state index contributed by atoms with van der Waals surface area (Å²) in [6, 6.07) is 0. The van der Waals surface area contributed by atoms with Crippen molar-refractivity contribution in [2.75, 3.05) is 32.0 Å². The van der Waals surface area contributed by atoms with E-state index in [1.54, 1.807) is 0 Å². The molecule has 14 heavy (non-hydrogen) atoms. The largest absolute Gasteiger partial charge is 0.377 e. The molecule has 1 saturated carbocycles. The number of thiol groups is 1. The highest BCUT2D eigenvalue weighted by Crippen LogP contribution is 2.47. The monoisotopic (exact) mass is 215 g/mol. The Kier molecular flexibility index (Phi) is 3.40. The quantitative estimate of drug-likeness (QED) is 0.721. The van der Waals surface area contributed by atoms with Crippen molar-refractivity contribution in [2.45, 2.75) is 32.3 Å². The third kappa shape index (κ3) is 2.65. The summed E-state index contributed by atoms with van der Waals surface area (Å²) in [4.78, 5) is 2.57. The van der Waals surface area contributed by atoms with Crippen molar-refractivity contribution in [2.24, 2.45) is 5.41 Å². The summed E-state index contributed by atoms with van der Waals surface area (Å²) in [7, 11) is 0. The summed E-state index contributed by atoms with van der Waals surface area (Å²) in [5, 5.41) is 0. The summed E-state index contributed by atoms with van der Waals surface area (Å²) in [5.41, 5.74) is 0.563. The fourth-order valence-corrected chi connectivity index (χ4v) is 2.66. The van der Waals surface area contributed by atoms with Gasteiger partial charge in [-0.1, -0.05) is 0 Å². The van der Waals surface area contributed by atoms with Crippen molar-refractivity contribution >= 4 is 12.6 Å². The van der Waals surface area contributed by atoms with E-state index in [1.807, 2.05) is 0 Å². The Labute approximate surface area is 92.4 Å². The molecular weight excluding hydrogens is 194 g/mol. The van der Waals surface area contributed by atoms with Crippen molar-refractivity contribution in [3.8, 4) is 0 Å². The van der Waals surface area contributed by atoms with Gasteiger partial charge in [-0.05, 0) is 37.4 Å². The van der Waals surface area contributed by atoms with E-state index in [9.17, 15) is 0 Å². The molecule has 82 valence electrons. The predicted octanol–water partition coefficient (Wildman–Crippen LogP) is 1.81. The van der Waals surface area contributed by atoms with E-state index < -0.39 is 0 Å². The molecule has 0 aromatic heterocycles. The standard InChI is InChI=1S/C11H21NOS/c1-10-7-12(5-2-6-13-10)8-11(9-14)3-4-11/h10,14H,2-9H2,1H3. The van der Waals surface area contributed by atoms with Gasteiger partial charge in [0.2, 0.25) is 0 Å². The highest BCUT2D eigenvalue weighted by molar-refractivity contribution is 7.80. The van der Waals surface area contributed by atoms with E-state index in [-0.39, 0.29) is 0 Å². The van der Waals surface area contributed by atoms with Gasteiger partial charge in [0.15, 0.2) is 0 Å². The molecular formula is C11H21NOS. The first-order chi connectivity index (χ1) is 6.74. The molecule has 2 fully saturated rings. The summed E-state index contributed by atoms with van der Waals surface area (Å²) < 4.78 is 5.64. The molecule has 2 rings (SSSR count). The Morgan fingerprint density at radius 3 is 2.93 bits per heavy atom. The van der Waals surface area contributed by atoms with Crippen LogP contribution >= 0.6 is 12.6 Å². The topological polar surface area (TPSA) is 12.5 Å². The lowest BCUT2D eigenvalue weighted by molar-refractivity contribution is 0.0654. The molecule has 1 aliphatic heterocycles. The van der Waals surface area contributed by atoms with Gasteiger partial charge in [-0.3, -0.25) is 0 Å². The Morgan fingerprint density at radius 2 is 2.29 bits per heavy atom. The molecule has 0 radical (unpaired) electrons. The summed E-state index contributed by atoms with van der Waals surface area (Å²) in [6.45, 7) is 6.67. The second-order valence-electron chi connectivity index (χ2n) is 4.93. The third-order valence-electron chi connectivity index (χ3n) is 3.39. The number of nitrogens with zero attached hydrogens (tertiary/aromatic N) is 1. The predicted molar refractivity (Wildman–Crippen MR) is 62.0 cm³/mol. The maximum Gasteiger partial charge on any atom is 0.0673 e. The van der Waals surface area contributed by atoms with Gasteiger partial charge >= 0.3 is 0 Å². The molecule has 0 aromatic rings. The summed E-state index contributed by atoms with van der Waals surface area (Å²) in [6.07, 6.45) is 4.35. The Bertz CT molecular complexity index is 194. The van der Waals surface area contributed by atoms with Crippen molar-refractivity contribution in [1.29, 1.82) is 0 Å². The van der Waals surface area contributed by atoms with Crippen LogP contribution in [0.3, 0.4) is 0 Å². The fourth-order valence-electron chi connectivity index (χ4n) is 2.24. The number of hydrogen-bond acceptors (Lipinski definition) is 3. The van der Waals surface area contributed by atoms with Gasteiger partial charge in [0.25, 0.3) is 0 Å². The van der Waals surface area contributed by atoms with E-state index in [0.717, 1.165) is 18.9 Å². The Balaban J connectivity index is 1.83. The summed E-state index contributed by atoms with van der Waals surface area (Å²) >= 11 is 4.45. The van der Waals surface area contributed by atoms with Crippen molar-refractivity contribution in [3.63, 3.8) is 0 Å². The van der Waals surface area contributed by atoms with Crippen molar-refractivity contribution in [3.05, 3.63) is 0 Å². The molecule has 1 atom stereocenters. The van der Waals surface area contributed by atoms with E-state index in [2.05, 4.69) is 24.5 Å². The molecule has 3 heteroatoms. The van der Waals surface area contributed by atoms with Crippen LogP contribution in [-0.4, -0.2) is 43.0 Å². The van der Waals surface area contributed by atoms with Crippen LogP contribution in [0.5, 0.6) is 0 Å². The maximum absolute atomic E-state index is 5.64. The number of rotatable bonds is 3. The minimum atomic E-state index is 0.410. The minimum Gasteiger partial charge on any atom is -0.377 e. The van der Waals surface area contributed by atoms with Gasteiger partial charge in [-0.15, -0.1) is 0 Å². The molecule has 2 aliphatic rings. The van der Waals surface area contributed by atoms with Gasteiger partial charge in [0.05, 0.1) is 6.10 Å². The lowest BCUT2D eigenvalue weighted by atomic mass is 10.1. The first kappa shape index (κ1) is 10.8.